The minimum Gasteiger partial charge on any atom is -0.265 e. The van der Waals surface area contributed by atoms with Crippen LogP contribution in [0.3, 0.4) is 0 Å². The monoisotopic (exact) mass is 679 g/mol. The molecule has 0 atom stereocenters. The lowest BCUT2D eigenvalue weighted by Crippen LogP contribution is -2.15. The van der Waals surface area contributed by atoms with Crippen LogP contribution in [0.1, 0.15) is 30.5 Å². The van der Waals surface area contributed by atoms with Crippen LogP contribution in [-0.2, 0) is 5.41 Å². The molecule has 0 spiro atoms. The van der Waals surface area contributed by atoms with Gasteiger partial charge in [0.2, 0.25) is 0 Å². The van der Waals surface area contributed by atoms with Crippen molar-refractivity contribution in [2.45, 2.75) is 19.3 Å². The smallest absolute Gasteiger partial charge is 0.164 e. The Balaban J connectivity index is 1.20. The van der Waals surface area contributed by atoms with E-state index in [1.54, 1.807) is 0 Å². The van der Waals surface area contributed by atoms with Gasteiger partial charge in [0.1, 0.15) is 0 Å². The van der Waals surface area contributed by atoms with Crippen LogP contribution in [0.5, 0.6) is 0 Å². The third kappa shape index (κ3) is 5.87. The summed E-state index contributed by atoms with van der Waals surface area (Å²) in [6.45, 7) is 4.52. The first-order chi connectivity index (χ1) is 25.9. The molecule has 2 aromatic heterocycles. The van der Waals surface area contributed by atoms with Gasteiger partial charge >= 0.3 is 0 Å². The molecule has 9 rings (SSSR count). The highest BCUT2D eigenvalue weighted by molar-refractivity contribution is 5.86. The lowest BCUT2D eigenvalue weighted by Gasteiger charge is -2.22. The van der Waals surface area contributed by atoms with Gasteiger partial charge in [0.25, 0.3) is 0 Å². The van der Waals surface area contributed by atoms with Crippen molar-refractivity contribution in [1.29, 1.82) is 5.26 Å². The van der Waals surface area contributed by atoms with Gasteiger partial charge in [-0.15, -0.1) is 0 Å². The summed E-state index contributed by atoms with van der Waals surface area (Å²) in [5.74, 6) is 1.82. The molecule has 0 unspecified atom stereocenters. The zero-order chi connectivity index (χ0) is 35.9. The predicted octanol–water partition coefficient (Wildman–Crippen LogP) is 11.4. The average Bonchev–Trinajstić information content (AvgIpc) is 3.46. The Labute approximate surface area is 309 Å². The van der Waals surface area contributed by atoms with E-state index in [0.29, 0.717) is 23.0 Å². The molecule has 0 fully saturated rings. The molecule has 5 nitrogen and oxygen atoms in total. The molecule has 8 aromatic rings. The summed E-state index contributed by atoms with van der Waals surface area (Å²) in [6, 6.07) is 54.5. The van der Waals surface area contributed by atoms with E-state index in [-0.39, 0.29) is 5.41 Å². The largest absolute Gasteiger partial charge is 0.265 e. The quantitative estimate of drug-likeness (QED) is 0.175. The number of fused-ring (bicyclic) bond motifs is 3. The summed E-state index contributed by atoms with van der Waals surface area (Å²) >= 11 is 0. The molecule has 1 aliphatic carbocycles. The Hall–Kier alpha value is -7.03. The predicted molar refractivity (Wildman–Crippen MR) is 213 cm³/mol. The molecule has 250 valence electrons. The van der Waals surface area contributed by atoms with Crippen LogP contribution in [0.25, 0.3) is 78.7 Å². The van der Waals surface area contributed by atoms with Crippen molar-refractivity contribution < 1.29 is 0 Å². The van der Waals surface area contributed by atoms with Crippen LogP contribution in [0.15, 0.2) is 164 Å². The van der Waals surface area contributed by atoms with E-state index in [9.17, 15) is 5.26 Å². The Morgan fingerprint density at radius 2 is 0.925 bits per heavy atom. The van der Waals surface area contributed by atoms with Crippen LogP contribution >= 0.6 is 0 Å². The minimum atomic E-state index is -0.218. The molecule has 0 saturated heterocycles. The maximum Gasteiger partial charge on any atom is 0.164 e. The van der Waals surface area contributed by atoms with Gasteiger partial charge in [0.05, 0.1) is 11.6 Å². The van der Waals surface area contributed by atoms with Gasteiger partial charge < -0.3 is 0 Å². The molecule has 0 N–H and O–H groups in total. The third-order valence-electron chi connectivity index (χ3n) is 10.3. The van der Waals surface area contributed by atoms with E-state index < -0.39 is 0 Å². The Kier molecular flexibility index (Phi) is 7.79. The molecule has 53 heavy (non-hydrogen) atoms. The fraction of sp³-hybridized carbons (Fsp3) is 0.0625. The van der Waals surface area contributed by atoms with Gasteiger partial charge in [0, 0.05) is 34.5 Å². The first-order valence-electron chi connectivity index (χ1n) is 17.7. The van der Waals surface area contributed by atoms with Gasteiger partial charge in [-0.1, -0.05) is 117 Å². The zero-order valence-corrected chi connectivity index (χ0v) is 29.3. The van der Waals surface area contributed by atoms with Crippen molar-refractivity contribution in [3.63, 3.8) is 0 Å². The number of nitrogens with zero attached hydrogens (tertiary/aromatic N) is 5. The van der Waals surface area contributed by atoms with Crippen LogP contribution in [0.2, 0.25) is 0 Å². The van der Waals surface area contributed by atoms with Gasteiger partial charge in [-0.05, 0) is 104 Å². The van der Waals surface area contributed by atoms with E-state index in [0.717, 1.165) is 55.6 Å². The van der Waals surface area contributed by atoms with Crippen LogP contribution in [0, 0.1) is 11.3 Å². The highest BCUT2D eigenvalue weighted by Crippen LogP contribution is 2.50. The summed E-state index contributed by atoms with van der Waals surface area (Å²) in [5.41, 5.74) is 14.5. The van der Waals surface area contributed by atoms with Crippen LogP contribution in [-0.4, -0.2) is 19.9 Å². The first-order valence-corrected chi connectivity index (χ1v) is 17.7. The Morgan fingerprint density at radius 1 is 0.415 bits per heavy atom. The second-order valence-electron chi connectivity index (χ2n) is 13.9. The van der Waals surface area contributed by atoms with Crippen molar-refractivity contribution in [1.82, 2.24) is 19.9 Å². The third-order valence-corrected chi connectivity index (χ3v) is 10.3. The van der Waals surface area contributed by atoms with E-state index in [2.05, 4.69) is 116 Å². The fourth-order valence-corrected chi connectivity index (χ4v) is 7.43. The molecular weight excluding hydrogens is 647 g/mol. The van der Waals surface area contributed by atoms with Gasteiger partial charge in [-0.2, -0.15) is 5.26 Å². The maximum absolute atomic E-state index is 9.63. The number of benzene rings is 6. The van der Waals surface area contributed by atoms with Crippen molar-refractivity contribution in [3.8, 4) is 84.7 Å². The number of pyridine rings is 1. The topological polar surface area (TPSA) is 75.3 Å². The summed E-state index contributed by atoms with van der Waals surface area (Å²) < 4.78 is 0. The normalized spacial score (nSPS) is 12.5. The molecule has 5 heteroatoms. The molecule has 0 saturated carbocycles. The van der Waals surface area contributed by atoms with E-state index in [1.807, 2.05) is 73.1 Å². The average molecular weight is 680 g/mol. The Bertz CT molecular complexity index is 2680. The molecule has 2 heterocycles. The summed E-state index contributed by atoms with van der Waals surface area (Å²) in [5, 5.41) is 9.63. The minimum absolute atomic E-state index is 0.218. The van der Waals surface area contributed by atoms with Crippen LogP contribution < -0.4 is 0 Å². The van der Waals surface area contributed by atoms with Gasteiger partial charge in [0.15, 0.2) is 17.5 Å². The van der Waals surface area contributed by atoms with E-state index >= 15 is 0 Å². The maximum atomic E-state index is 9.63. The lowest BCUT2D eigenvalue weighted by atomic mass is 9.81. The van der Waals surface area contributed by atoms with Crippen LogP contribution in [0.4, 0.5) is 0 Å². The number of nitriles is 1. The first kappa shape index (κ1) is 31.9. The summed E-state index contributed by atoms with van der Waals surface area (Å²) in [4.78, 5) is 19.5. The molecule has 6 aromatic carbocycles. The number of hydrogen-bond acceptors (Lipinski definition) is 5. The number of hydrogen-bond donors (Lipinski definition) is 0. The molecule has 0 amide bonds. The highest BCUT2D eigenvalue weighted by atomic mass is 15.0. The second-order valence-corrected chi connectivity index (χ2v) is 13.9. The Morgan fingerprint density at radius 3 is 1.58 bits per heavy atom. The van der Waals surface area contributed by atoms with E-state index in [4.69, 9.17) is 15.0 Å². The van der Waals surface area contributed by atoms with Crippen molar-refractivity contribution >= 4 is 0 Å². The second kappa shape index (κ2) is 12.9. The molecule has 0 radical (unpaired) electrons. The van der Waals surface area contributed by atoms with E-state index in [1.165, 1.54) is 16.7 Å². The standard InChI is InChI=1S/C48H33N5/c1-48(2)43-20-13-31(30-49)25-42(43)41-19-18-37(29-44(41)48)39-26-38(34-21-23-50-24-22-34)27-40(28-39)47-52-45(35-11-7-4-8-12-35)51-46(53-47)36-16-14-33(15-17-36)32-9-5-3-6-10-32/h3-29H,1-2H3. The molecule has 1 aliphatic rings. The van der Waals surface area contributed by atoms with Crippen molar-refractivity contribution in [2.75, 3.05) is 0 Å². The zero-order valence-electron chi connectivity index (χ0n) is 29.3. The molecular formula is C48H33N5. The molecule has 0 bridgehead atoms. The number of aromatic nitrogens is 4. The lowest BCUT2D eigenvalue weighted by molar-refractivity contribution is 0.660. The highest BCUT2D eigenvalue weighted by Gasteiger charge is 2.35. The summed E-state index contributed by atoms with van der Waals surface area (Å²) in [7, 11) is 0. The number of rotatable bonds is 6. The van der Waals surface area contributed by atoms with Gasteiger partial charge in [-0.25, -0.2) is 15.0 Å². The summed E-state index contributed by atoms with van der Waals surface area (Å²) in [6.07, 6.45) is 3.64. The van der Waals surface area contributed by atoms with Gasteiger partial charge in [-0.3, -0.25) is 4.98 Å². The SMILES string of the molecule is CC1(C)c2ccc(C#N)cc2-c2ccc(-c3cc(-c4ccncc4)cc(-c4nc(-c5ccccc5)nc(-c5ccc(-c6ccccc6)cc5)n4)c3)cc21. The van der Waals surface area contributed by atoms with Crippen molar-refractivity contribution in [2.24, 2.45) is 0 Å². The van der Waals surface area contributed by atoms with Crippen molar-refractivity contribution in [3.05, 3.63) is 181 Å². The fourth-order valence-electron chi connectivity index (χ4n) is 7.43. The molecule has 0 aliphatic heterocycles.